The van der Waals surface area contributed by atoms with Crippen LogP contribution in [0.3, 0.4) is 0 Å². The van der Waals surface area contributed by atoms with E-state index in [1.165, 1.54) is 12.1 Å². The first-order chi connectivity index (χ1) is 11.3. The average Bonchev–Trinajstić information content (AvgIpc) is 2.94. The molecule has 0 spiro atoms. The molecular weight excluding hydrogens is 349 g/mol. The highest BCUT2D eigenvalue weighted by Gasteiger charge is 2.32. The van der Waals surface area contributed by atoms with Gasteiger partial charge >= 0.3 is 0 Å². The lowest BCUT2D eigenvalue weighted by Gasteiger charge is -2.29. The zero-order valence-electron chi connectivity index (χ0n) is 14.3. The van der Waals surface area contributed by atoms with Crippen LogP contribution < -0.4 is 10.6 Å². The number of halogens is 2. The van der Waals surface area contributed by atoms with E-state index in [4.69, 9.17) is 11.6 Å². The van der Waals surface area contributed by atoms with E-state index in [1.54, 1.807) is 24.9 Å². The predicted molar refractivity (Wildman–Crippen MR) is 101 cm³/mol. The molecule has 1 aromatic rings. The van der Waals surface area contributed by atoms with Gasteiger partial charge in [0.05, 0.1) is 5.60 Å². The lowest BCUT2D eigenvalue weighted by Crippen LogP contribution is -2.49. The topological polar surface area (TPSA) is 56.7 Å². The fourth-order valence-corrected chi connectivity index (χ4v) is 4.36. The summed E-state index contributed by atoms with van der Waals surface area (Å²) in [7, 11) is 1.70. The molecule has 1 aliphatic rings. The Bertz CT molecular complexity index is 603. The Kier molecular flexibility index (Phi) is 6.39. The zero-order valence-corrected chi connectivity index (χ0v) is 15.9. The molecule has 1 fully saturated rings. The van der Waals surface area contributed by atoms with Crippen molar-refractivity contribution in [1.82, 2.24) is 10.6 Å². The van der Waals surface area contributed by atoms with Crippen LogP contribution in [0.2, 0.25) is 5.02 Å². The molecule has 7 heteroatoms. The first-order valence-electron chi connectivity index (χ1n) is 7.96. The Morgan fingerprint density at radius 3 is 2.79 bits per heavy atom. The van der Waals surface area contributed by atoms with Crippen LogP contribution in [0.5, 0.6) is 0 Å². The monoisotopic (exact) mass is 373 g/mol. The second kappa shape index (κ2) is 7.93. The van der Waals surface area contributed by atoms with Gasteiger partial charge in [-0.15, -0.1) is 0 Å². The van der Waals surface area contributed by atoms with Crippen molar-refractivity contribution in [3.05, 3.63) is 34.6 Å². The number of aliphatic imine (C=N–C) groups is 1. The number of thioether (sulfide) groups is 1. The van der Waals surface area contributed by atoms with E-state index < -0.39 is 5.60 Å². The predicted octanol–water partition coefficient (Wildman–Crippen LogP) is 2.79. The number of nitrogens with zero attached hydrogens (tertiary/aromatic N) is 1. The smallest absolute Gasteiger partial charge is 0.191 e. The number of hydrogen-bond donors (Lipinski definition) is 3. The van der Waals surface area contributed by atoms with Gasteiger partial charge in [-0.25, -0.2) is 4.39 Å². The molecule has 1 saturated heterocycles. The Labute approximate surface area is 152 Å². The third-order valence-corrected chi connectivity index (χ3v) is 5.80. The van der Waals surface area contributed by atoms with Crippen molar-refractivity contribution in [1.29, 1.82) is 0 Å². The minimum absolute atomic E-state index is 0.303. The summed E-state index contributed by atoms with van der Waals surface area (Å²) in [6.07, 6.45) is 0.790. The van der Waals surface area contributed by atoms with Crippen molar-refractivity contribution in [2.45, 2.75) is 31.3 Å². The van der Waals surface area contributed by atoms with Crippen LogP contribution in [-0.4, -0.2) is 48.3 Å². The van der Waals surface area contributed by atoms with E-state index in [0.29, 0.717) is 24.1 Å². The van der Waals surface area contributed by atoms with Gasteiger partial charge in [0.25, 0.3) is 0 Å². The van der Waals surface area contributed by atoms with Gasteiger partial charge in [-0.1, -0.05) is 31.5 Å². The molecule has 24 heavy (non-hydrogen) atoms. The van der Waals surface area contributed by atoms with Gasteiger partial charge < -0.3 is 15.7 Å². The summed E-state index contributed by atoms with van der Waals surface area (Å²) in [6, 6.07) is 4.47. The number of hydrogen-bond acceptors (Lipinski definition) is 3. The quantitative estimate of drug-likeness (QED) is 0.548. The highest BCUT2D eigenvalue weighted by atomic mass is 35.5. The highest BCUT2D eigenvalue weighted by molar-refractivity contribution is 7.99. The fraction of sp³-hybridized carbons (Fsp3) is 0.588. The van der Waals surface area contributed by atoms with Crippen molar-refractivity contribution in [3.63, 3.8) is 0 Å². The van der Waals surface area contributed by atoms with Gasteiger partial charge in [0, 0.05) is 36.3 Å². The molecule has 0 bridgehead atoms. The van der Waals surface area contributed by atoms with Crippen LogP contribution in [0.15, 0.2) is 23.2 Å². The Hall–Kier alpha value is -0.980. The minimum atomic E-state index is -0.669. The molecular formula is C17H25ClFN3OS. The molecule has 0 aromatic heterocycles. The van der Waals surface area contributed by atoms with E-state index in [9.17, 15) is 9.50 Å². The maximum Gasteiger partial charge on any atom is 0.191 e. The molecule has 2 rings (SSSR count). The molecule has 1 atom stereocenters. The molecule has 1 aromatic carbocycles. The fourth-order valence-electron chi connectivity index (χ4n) is 2.64. The third-order valence-electron chi connectivity index (χ3n) is 4.25. The van der Waals surface area contributed by atoms with Gasteiger partial charge in [0.2, 0.25) is 0 Å². The van der Waals surface area contributed by atoms with Crippen LogP contribution >= 0.6 is 23.4 Å². The molecule has 4 nitrogen and oxygen atoms in total. The SMILES string of the molecule is CN=C(NCC1(O)CCSC1)NCC(C)(C)c1ccc(F)cc1Cl. The molecule has 1 heterocycles. The summed E-state index contributed by atoms with van der Waals surface area (Å²) in [5.41, 5.74) is -0.0973. The van der Waals surface area contributed by atoms with Crippen LogP contribution in [0.25, 0.3) is 0 Å². The standard InChI is InChI=1S/C17H25ClFN3OS/c1-16(2,13-5-4-12(19)8-14(13)18)9-21-15(20-3)22-10-17(23)6-7-24-11-17/h4-5,8,23H,6-7,9-11H2,1-3H3,(H2,20,21,22). The van der Waals surface area contributed by atoms with Crippen molar-refractivity contribution in [2.75, 3.05) is 31.6 Å². The van der Waals surface area contributed by atoms with Crippen LogP contribution in [0.1, 0.15) is 25.8 Å². The largest absolute Gasteiger partial charge is 0.387 e. The summed E-state index contributed by atoms with van der Waals surface area (Å²) >= 11 is 7.94. The van der Waals surface area contributed by atoms with Crippen molar-refractivity contribution >= 4 is 29.3 Å². The summed E-state index contributed by atoms with van der Waals surface area (Å²) in [6.45, 7) is 5.11. The second-order valence-corrected chi connectivity index (χ2v) is 8.33. The highest BCUT2D eigenvalue weighted by Crippen LogP contribution is 2.30. The molecule has 0 aliphatic carbocycles. The van der Waals surface area contributed by atoms with E-state index in [1.807, 2.05) is 13.8 Å². The summed E-state index contributed by atoms with van der Waals surface area (Å²) < 4.78 is 13.2. The van der Waals surface area contributed by atoms with Crippen LogP contribution in [0, 0.1) is 5.82 Å². The number of nitrogens with one attached hydrogen (secondary N) is 2. The Morgan fingerprint density at radius 2 is 2.21 bits per heavy atom. The maximum absolute atomic E-state index is 13.2. The average molecular weight is 374 g/mol. The lowest BCUT2D eigenvalue weighted by atomic mass is 9.84. The molecule has 134 valence electrons. The summed E-state index contributed by atoms with van der Waals surface area (Å²) in [4.78, 5) is 4.20. The normalized spacial score (nSPS) is 21.8. The molecule has 3 N–H and O–H groups in total. The van der Waals surface area contributed by atoms with Crippen LogP contribution in [-0.2, 0) is 5.41 Å². The van der Waals surface area contributed by atoms with Gasteiger partial charge in [0.1, 0.15) is 5.82 Å². The number of guanidine groups is 1. The molecule has 1 aliphatic heterocycles. The van der Waals surface area contributed by atoms with Crippen molar-refractivity contribution in [2.24, 2.45) is 4.99 Å². The van der Waals surface area contributed by atoms with Gasteiger partial charge in [0.15, 0.2) is 5.96 Å². The van der Waals surface area contributed by atoms with E-state index in [2.05, 4.69) is 15.6 Å². The number of aliphatic hydroxyl groups is 1. The van der Waals surface area contributed by atoms with Crippen LogP contribution in [0.4, 0.5) is 4.39 Å². The van der Waals surface area contributed by atoms with E-state index >= 15 is 0 Å². The van der Waals surface area contributed by atoms with Gasteiger partial charge in [-0.3, -0.25) is 4.99 Å². The molecule has 0 saturated carbocycles. The minimum Gasteiger partial charge on any atom is -0.387 e. The van der Waals surface area contributed by atoms with E-state index in [0.717, 1.165) is 23.5 Å². The van der Waals surface area contributed by atoms with Crippen molar-refractivity contribution < 1.29 is 9.50 Å². The van der Waals surface area contributed by atoms with Gasteiger partial charge in [-0.05, 0) is 29.9 Å². The zero-order chi connectivity index (χ0) is 17.8. The molecule has 0 radical (unpaired) electrons. The lowest BCUT2D eigenvalue weighted by molar-refractivity contribution is 0.0724. The number of rotatable bonds is 5. The van der Waals surface area contributed by atoms with Crippen molar-refractivity contribution in [3.8, 4) is 0 Å². The number of benzene rings is 1. The summed E-state index contributed by atoms with van der Waals surface area (Å²) in [5.74, 6) is 2.02. The molecule has 0 amide bonds. The van der Waals surface area contributed by atoms with E-state index in [-0.39, 0.29) is 11.2 Å². The molecule has 1 unspecified atom stereocenters. The Balaban J connectivity index is 1.94. The first-order valence-corrected chi connectivity index (χ1v) is 9.49. The third kappa shape index (κ3) is 5.01. The Morgan fingerprint density at radius 1 is 1.46 bits per heavy atom. The maximum atomic E-state index is 13.2. The second-order valence-electron chi connectivity index (χ2n) is 6.81. The summed E-state index contributed by atoms with van der Waals surface area (Å²) in [5, 5.41) is 17.2. The first kappa shape index (κ1) is 19.3. The van der Waals surface area contributed by atoms with Gasteiger partial charge in [-0.2, -0.15) is 11.8 Å².